The van der Waals surface area contributed by atoms with Gasteiger partial charge in [0.25, 0.3) is 0 Å². The van der Waals surface area contributed by atoms with E-state index in [9.17, 15) is 34.2 Å². The number of rotatable bonds is 5. The quantitative estimate of drug-likeness (QED) is 0.422. The van der Waals surface area contributed by atoms with E-state index in [0.717, 1.165) is 31.2 Å². The van der Waals surface area contributed by atoms with Crippen LogP contribution in [0.3, 0.4) is 0 Å². The molecule has 6 atom stereocenters. The topological polar surface area (TPSA) is 168 Å². The van der Waals surface area contributed by atoms with E-state index in [1.807, 2.05) is 0 Å². The standard InChI is InChI=1S/C29H35N3O8/c1-31(2)22-17-9-12-8-16-20(18(33)10-13(25(16)40-3)11-32-14-4-5-15(32)7-6-14)23(34)19(12)26(36)29(17,39)27(37)21(24(22)35)28(30)38/h10,12,14-15,17,19,21-22,33,39H,4-9,11H2,1-3H3,(H2,30,38)/t12-,14?,15?,17-,19?,21?,22-,29-/m0/s1. The highest BCUT2D eigenvalue weighted by Gasteiger charge is 2.69. The van der Waals surface area contributed by atoms with Gasteiger partial charge in [-0.1, -0.05) is 0 Å². The molecule has 5 aliphatic rings. The molecule has 2 saturated carbocycles. The fraction of sp³-hybridized carbons (Fsp3) is 0.621. The Labute approximate surface area is 231 Å². The predicted molar refractivity (Wildman–Crippen MR) is 139 cm³/mol. The van der Waals surface area contributed by atoms with E-state index in [1.165, 1.54) is 18.1 Å². The van der Waals surface area contributed by atoms with Crippen molar-refractivity contribution in [2.24, 2.45) is 29.4 Å². The third-order valence-electron chi connectivity index (χ3n) is 10.2. The third-order valence-corrected chi connectivity index (χ3v) is 10.2. The number of benzene rings is 1. The SMILES string of the molecule is COc1c(CN2C3CCC2CC3)cc(O)c2c1C[C@H]1C[C@H]3[C@H](N(C)C)C(=O)C(C(N)=O)C(=O)[C@@]3(O)C(=O)C1C2=O. The van der Waals surface area contributed by atoms with E-state index in [0.29, 0.717) is 29.9 Å². The molecule has 11 nitrogen and oxygen atoms in total. The minimum atomic E-state index is -2.73. The summed E-state index contributed by atoms with van der Waals surface area (Å²) in [6.45, 7) is 0.573. The van der Waals surface area contributed by atoms with Gasteiger partial charge < -0.3 is 20.7 Å². The number of ketones is 4. The number of hydrogen-bond donors (Lipinski definition) is 3. The lowest BCUT2D eigenvalue weighted by Gasteiger charge is -2.52. The molecule has 6 rings (SSSR count). The van der Waals surface area contributed by atoms with Gasteiger partial charge in [-0.15, -0.1) is 0 Å². The number of carbonyl (C=O) groups is 5. The van der Waals surface area contributed by atoms with Gasteiger partial charge in [-0.05, 0) is 64.6 Å². The van der Waals surface area contributed by atoms with Crippen molar-refractivity contribution in [2.75, 3.05) is 21.2 Å². The Balaban J connectivity index is 1.42. The first-order chi connectivity index (χ1) is 18.9. The van der Waals surface area contributed by atoms with Crippen LogP contribution in [0, 0.1) is 23.7 Å². The number of aliphatic hydroxyl groups is 1. The molecule has 4 N–H and O–H groups in total. The summed E-state index contributed by atoms with van der Waals surface area (Å²) in [5.41, 5.74) is 3.85. The van der Waals surface area contributed by atoms with Crippen molar-refractivity contribution in [3.05, 3.63) is 22.8 Å². The summed E-state index contributed by atoms with van der Waals surface area (Å²) in [5, 5.41) is 22.8. The summed E-state index contributed by atoms with van der Waals surface area (Å²) >= 11 is 0. The molecule has 4 fully saturated rings. The molecule has 2 heterocycles. The van der Waals surface area contributed by atoms with Gasteiger partial charge in [-0.3, -0.25) is 33.8 Å². The number of ether oxygens (including phenoxy) is 1. The second kappa shape index (κ2) is 9.19. The van der Waals surface area contributed by atoms with Crippen molar-refractivity contribution in [3.63, 3.8) is 0 Å². The summed E-state index contributed by atoms with van der Waals surface area (Å²) in [6.07, 6.45) is 4.75. The number of primary amides is 1. The van der Waals surface area contributed by atoms with Gasteiger partial charge in [-0.25, -0.2) is 0 Å². The number of carbonyl (C=O) groups excluding carboxylic acids is 5. The fourth-order valence-electron chi connectivity index (χ4n) is 8.56. The zero-order valence-corrected chi connectivity index (χ0v) is 22.9. The highest BCUT2D eigenvalue weighted by molar-refractivity contribution is 6.32. The lowest BCUT2D eigenvalue weighted by atomic mass is 9.52. The number of hydrogen-bond acceptors (Lipinski definition) is 10. The van der Waals surface area contributed by atoms with Crippen LogP contribution >= 0.6 is 0 Å². The first-order valence-electron chi connectivity index (χ1n) is 13.9. The first-order valence-corrected chi connectivity index (χ1v) is 13.9. The van der Waals surface area contributed by atoms with Crippen LogP contribution < -0.4 is 10.5 Å². The van der Waals surface area contributed by atoms with E-state index < -0.39 is 64.4 Å². The summed E-state index contributed by atoms with van der Waals surface area (Å²) in [7, 11) is 4.64. The van der Waals surface area contributed by atoms with Crippen molar-refractivity contribution in [2.45, 2.75) is 68.8 Å². The molecule has 40 heavy (non-hydrogen) atoms. The molecule has 11 heteroatoms. The van der Waals surface area contributed by atoms with Crippen molar-refractivity contribution < 1.29 is 38.9 Å². The van der Waals surface area contributed by atoms with E-state index in [-0.39, 0.29) is 24.2 Å². The maximum Gasteiger partial charge on any atom is 0.235 e. The second-order valence-electron chi connectivity index (χ2n) is 12.4. The minimum Gasteiger partial charge on any atom is -0.507 e. The number of nitrogens with zero attached hydrogens (tertiary/aromatic N) is 2. The number of likely N-dealkylation sites (N-methyl/N-ethyl adjacent to an activating group) is 1. The van der Waals surface area contributed by atoms with Crippen LogP contribution in [0.2, 0.25) is 0 Å². The van der Waals surface area contributed by atoms with Crippen LogP contribution in [0.25, 0.3) is 0 Å². The van der Waals surface area contributed by atoms with Gasteiger partial charge in [0.1, 0.15) is 11.5 Å². The van der Waals surface area contributed by atoms with Crippen molar-refractivity contribution in [1.82, 2.24) is 9.80 Å². The van der Waals surface area contributed by atoms with Crippen LogP contribution in [-0.2, 0) is 32.1 Å². The predicted octanol–water partition coefficient (Wildman–Crippen LogP) is 0.00240. The third kappa shape index (κ3) is 3.50. The molecule has 2 unspecified atom stereocenters. The van der Waals surface area contributed by atoms with Crippen LogP contribution in [0.4, 0.5) is 0 Å². The van der Waals surface area contributed by atoms with E-state index >= 15 is 0 Å². The monoisotopic (exact) mass is 553 g/mol. The first kappa shape index (κ1) is 27.0. The molecule has 214 valence electrons. The fourth-order valence-corrected chi connectivity index (χ4v) is 8.56. The molecule has 2 bridgehead atoms. The molecule has 2 saturated heterocycles. The zero-order valence-electron chi connectivity index (χ0n) is 22.9. The van der Waals surface area contributed by atoms with Crippen molar-refractivity contribution in [3.8, 4) is 11.5 Å². The summed E-state index contributed by atoms with van der Waals surface area (Å²) < 4.78 is 5.82. The van der Waals surface area contributed by atoms with Gasteiger partial charge in [0, 0.05) is 35.7 Å². The lowest BCUT2D eigenvalue weighted by Crippen LogP contribution is -2.74. The van der Waals surface area contributed by atoms with Gasteiger partial charge in [0.05, 0.1) is 24.6 Å². The number of Topliss-reactive ketones (excluding diaryl/α,β-unsaturated/α-hetero) is 4. The Kier molecular flexibility index (Phi) is 6.21. The van der Waals surface area contributed by atoms with Crippen molar-refractivity contribution >= 4 is 29.0 Å². The number of fused-ring (bicyclic) bond motifs is 5. The zero-order chi connectivity index (χ0) is 28.8. The second-order valence-corrected chi connectivity index (χ2v) is 12.4. The number of phenols is 1. The van der Waals surface area contributed by atoms with Gasteiger partial charge in [0.15, 0.2) is 34.7 Å². The highest BCUT2D eigenvalue weighted by atomic mass is 16.5. The van der Waals surface area contributed by atoms with Gasteiger partial charge in [0.2, 0.25) is 5.91 Å². The number of nitrogens with two attached hydrogens (primary N) is 1. The number of aromatic hydroxyl groups is 1. The molecule has 3 aliphatic carbocycles. The van der Waals surface area contributed by atoms with Gasteiger partial charge >= 0.3 is 0 Å². The summed E-state index contributed by atoms with van der Waals surface area (Å²) in [4.78, 5) is 70.5. The number of methoxy groups -OCH3 is 1. The molecular weight excluding hydrogens is 518 g/mol. The number of phenolic OH excluding ortho intramolecular Hbond substituents is 1. The smallest absolute Gasteiger partial charge is 0.235 e. The Morgan fingerprint density at radius 1 is 1.12 bits per heavy atom. The molecule has 1 aromatic carbocycles. The molecule has 1 aromatic rings. The highest BCUT2D eigenvalue weighted by Crippen LogP contribution is 2.52. The molecule has 0 radical (unpaired) electrons. The molecule has 0 spiro atoms. The molecular formula is C29H35N3O8. The van der Waals surface area contributed by atoms with Crippen molar-refractivity contribution in [1.29, 1.82) is 0 Å². The maximum absolute atomic E-state index is 13.9. The Morgan fingerprint density at radius 2 is 1.75 bits per heavy atom. The number of amides is 1. The molecule has 2 aliphatic heterocycles. The van der Waals surface area contributed by atoms with Crippen LogP contribution in [-0.4, -0.2) is 94.0 Å². The van der Waals surface area contributed by atoms with E-state index in [2.05, 4.69) is 4.90 Å². The summed E-state index contributed by atoms with van der Waals surface area (Å²) in [6, 6.07) is 1.37. The Bertz CT molecular complexity index is 1340. The van der Waals surface area contributed by atoms with E-state index in [1.54, 1.807) is 14.1 Å². The van der Waals surface area contributed by atoms with Crippen LogP contribution in [0.15, 0.2) is 6.07 Å². The van der Waals surface area contributed by atoms with Crippen LogP contribution in [0.1, 0.15) is 53.6 Å². The largest absolute Gasteiger partial charge is 0.507 e. The minimum absolute atomic E-state index is 0.00825. The Hall–Kier alpha value is -3.15. The Morgan fingerprint density at radius 3 is 2.30 bits per heavy atom. The lowest BCUT2D eigenvalue weighted by molar-refractivity contribution is -0.181. The molecule has 0 aromatic heterocycles. The maximum atomic E-state index is 13.9. The average Bonchev–Trinajstić information content (AvgIpc) is 3.44. The van der Waals surface area contributed by atoms with Gasteiger partial charge in [-0.2, -0.15) is 0 Å². The van der Waals surface area contributed by atoms with Crippen LogP contribution in [0.5, 0.6) is 11.5 Å². The summed E-state index contributed by atoms with van der Waals surface area (Å²) in [5.74, 6) is -10.0. The molecule has 1 amide bonds. The van der Waals surface area contributed by atoms with E-state index in [4.69, 9.17) is 10.5 Å². The average molecular weight is 554 g/mol. The normalized spacial score (nSPS) is 37.0.